The first-order valence-electron chi connectivity index (χ1n) is 6.01. The maximum absolute atomic E-state index is 13.9. The van der Waals surface area contributed by atoms with Crippen LogP contribution in [0.4, 0.5) is 8.78 Å². The monoisotopic (exact) mass is 294 g/mol. The first-order chi connectivity index (χ1) is 9.67. The smallest absolute Gasteiger partial charge is 0.126 e. The second kappa shape index (κ2) is 6.55. The number of aromatic nitrogens is 1. The summed E-state index contributed by atoms with van der Waals surface area (Å²) in [5.41, 5.74) is 1.69. The second-order valence-corrected chi connectivity index (χ2v) is 5.21. The Morgan fingerprint density at radius 3 is 2.80 bits per heavy atom. The zero-order chi connectivity index (χ0) is 14.5. The molecule has 2 atom stereocenters. The molecule has 3 nitrogen and oxygen atoms in total. The van der Waals surface area contributed by atoms with Crippen molar-refractivity contribution < 1.29 is 13.9 Å². The summed E-state index contributed by atoms with van der Waals surface area (Å²) >= 11 is 1.28. The lowest BCUT2D eigenvalue weighted by molar-refractivity contribution is 0.271. The SMILES string of the molecule is N#C[C@@H](c1cncs1)[C@@H](CCO)c1cc(F)ccc1F. The van der Waals surface area contributed by atoms with Gasteiger partial charge in [-0.25, -0.2) is 8.78 Å². The highest BCUT2D eigenvalue weighted by atomic mass is 32.1. The zero-order valence-corrected chi connectivity index (χ0v) is 11.3. The average molecular weight is 294 g/mol. The minimum atomic E-state index is -0.661. The normalized spacial score (nSPS) is 13.7. The number of hydrogen-bond donors (Lipinski definition) is 1. The predicted molar refractivity (Wildman–Crippen MR) is 71.3 cm³/mol. The number of rotatable bonds is 5. The third-order valence-corrected chi connectivity index (χ3v) is 3.96. The Morgan fingerprint density at radius 1 is 1.40 bits per heavy atom. The van der Waals surface area contributed by atoms with Crippen molar-refractivity contribution in [2.75, 3.05) is 6.61 Å². The Labute approximate surface area is 119 Å². The molecule has 1 aromatic heterocycles. The first-order valence-corrected chi connectivity index (χ1v) is 6.89. The van der Waals surface area contributed by atoms with E-state index in [9.17, 15) is 14.0 Å². The molecule has 0 unspecified atom stereocenters. The van der Waals surface area contributed by atoms with Gasteiger partial charge in [-0.1, -0.05) is 0 Å². The maximum atomic E-state index is 13.9. The van der Waals surface area contributed by atoms with Crippen molar-refractivity contribution >= 4 is 11.3 Å². The number of thiazole rings is 1. The molecular weight excluding hydrogens is 282 g/mol. The molecule has 2 rings (SSSR count). The third-order valence-electron chi connectivity index (χ3n) is 3.10. The molecule has 0 radical (unpaired) electrons. The second-order valence-electron chi connectivity index (χ2n) is 4.30. The minimum absolute atomic E-state index is 0.110. The molecule has 0 amide bonds. The van der Waals surface area contributed by atoms with Crippen LogP contribution >= 0.6 is 11.3 Å². The van der Waals surface area contributed by atoms with Crippen LogP contribution < -0.4 is 0 Å². The van der Waals surface area contributed by atoms with Crippen LogP contribution in [0.2, 0.25) is 0 Å². The summed E-state index contributed by atoms with van der Waals surface area (Å²) < 4.78 is 27.2. The lowest BCUT2D eigenvalue weighted by atomic mass is 9.83. The van der Waals surface area contributed by atoms with Crippen molar-refractivity contribution in [3.63, 3.8) is 0 Å². The summed E-state index contributed by atoms with van der Waals surface area (Å²) in [5.74, 6) is -2.41. The summed E-state index contributed by atoms with van der Waals surface area (Å²) in [4.78, 5) is 4.58. The molecule has 6 heteroatoms. The lowest BCUT2D eigenvalue weighted by Crippen LogP contribution is -2.13. The fourth-order valence-corrected chi connectivity index (χ4v) is 2.90. The quantitative estimate of drug-likeness (QED) is 0.921. The van der Waals surface area contributed by atoms with E-state index < -0.39 is 23.5 Å². The van der Waals surface area contributed by atoms with Gasteiger partial charge in [0.1, 0.15) is 11.6 Å². The molecule has 1 N–H and O–H groups in total. The molecule has 0 saturated heterocycles. The van der Waals surface area contributed by atoms with Crippen molar-refractivity contribution in [2.24, 2.45) is 0 Å². The fraction of sp³-hybridized carbons (Fsp3) is 0.286. The van der Waals surface area contributed by atoms with Crippen LogP contribution in [0.15, 0.2) is 29.9 Å². The molecule has 0 aliphatic rings. The van der Waals surface area contributed by atoms with Crippen LogP contribution in [0.1, 0.15) is 28.7 Å². The number of hydrogen-bond acceptors (Lipinski definition) is 4. The van der Waals surface area contributed by atoms with Gasteiger partial charge in [0.2, 0.25) is 0 Å². The molecular formula is C14H12F2N2OS. The highest BCUT2D eigenvalue weighted by Crippen LogP contribution is 2.38. The highest BCUT2D eigenvalue weighted by molar-refractivity contribution is 7.09. The summed E-state index contributed by atoms with van der Waals surface area (Å²) in [6.45, 7) is -0.211. The molecule has 20 heavy (non-hydrogen) atoms. The Kier molecular flexibility index (Phi) is 4.77. The zero-order valence-electron chi connectivity index (χ0n) is 10.5. The number of benzene rings is 1. The molecule has 0 aliphatic carbocycles. The van der Waals surface area contributed by atoms with Crippen molar-refractivity contribution in [2.45, 2.75) is 18.3 Å². The number of aliphatic hydroxyl groups is 1. The molecule has 0 aliphatic heterocycles. The molecule has 0 bridgehead atoms. The summed E-state index contributed by atoms with van der Waals surface area (Å²) in [6, 6.07) is 5.26. The van der Waals surface area contributed by atoms with E-state index in [1.165, 1.54) is 11.3 Å². The minimum Gasteiger partial charge on any atom is -0.396 e. The van der Waals surface area contributed by atoms with Gasteiger partial charge in [-0.05, 0) is 30.2 Å². The van der Waals surface area contributed by atoms with Crippen molar-refractivity contribution in [3.8, 4) is 6.07 Å². The van der Waals surface area contributed by atoms with E-state index >= 15 is 0 Å². The van der Waals surface area contributed by atoms with Crippen molar-refractivity contribution in [1.82, 2.24) is 4.98 Å². The standard InChI is InChI=1S/C14H12F2N2OS/c15-9-1-2-13(16)11(5-9)10(3-4-19)12(6-17)14-7-18-8-20-14/h1-2,5,7-8,10,12,19H,3-4H2/t10-,12+/m0/s1. The van der Waals surface area contributed by atoms with Crippen LogP contribution in [0.25, 0.3) is 0 Å². The van der Waals surface area contributed by atoms with Crippen LogP contribution in [-0.4, -0.2) is 16.7 Å². The molecule has 1 aromatic carbocycles. The van der Waals surface area contributed by atoms with E-state index in [0.717, 1.165) is 18.2 Å². The third kappa shape index (κ3) is 3.00. The largest absolute Gasteiger partial charge is 0.396 e. The Morgan fingerprint density at radius 2 is 2.20 bits per heavy atom. The van der Waals surface area contributed by atoms with E-state index in [-0.39, 0.29) is 18.6 Å². The van der Waals surface area contributed by atoms with Crippen LogP contribution in [0, 0.1) is 23.0 Å². The summed E-state index contributed by atoms with van der Waals surface area (Å²) in [5, 5.41) is 18.5. The number of nitrogens with zero attached hydrogens (tertiary/aromatic N) is 2. The molecule has 1 heterocycles. The first kappa shape index (κ1) is 14.6. The Hall–Kier alpha value is -1.84. The van der Waals surface area contributed by atoms with E-state index in [2.05, 4.69) is 11.1 Å². The van der Waals surface area contributed by atoms with Gasteiger partial charge in [0.15, 0.2) is 0 Å². The lowest BCUT2D eigenvalue weighted by Gasteiger charge is -2.21. The van der Waals surface area contributed by atoms with E-state index in [0.29, 0.717) is 4.88 Å². The van der Waals surface area contributed by atoms with Crippen molar-refractivity contribution in [3.05, 3.63) is 52.0 Å². The van der Waals surface area contributed by atoms with Gasteiger partial charge in [0, 0.05) is 23.6 Å². The molecule has 0 fully saturated rings. The molecule has 0 saturated carbocycles. The van der Waals surface area contributed by atoms with Gasteiger partial charge in [-0.2, -0.15) is 5.26 Å². The van der Waals surface area contributed by atoms with Gasteiger partial charge in [-0.3, -0.25) is 4.98 Å². The number of nitriles is 1. The predicted octanol–water partition coefficient (Wildman–Crippen LogP) is 3.19. The molecule has 104 valence electrons. The fourth-order valence-electron chi connectivity index (χ4n) is 2.17. The number of aliphatic hydroxyl groups excluding tert-OH is 1. The Balaban J connectivity index is 2.45. The Bertz CT molecular complexity index is 610. The molecule has 0 spiro atoms. The topological polar surface area (TPSA) is 56.9 Å². The van der Waals surface area contributed by atoms with Gasteiger partial charge >= 0.3 is 0 Å². The van der Waals surface area contributed by atoms with E-state index in [1.54, 1.807) is 11.7 Å². The average Bonchev–Trinajstić information content (AvgIpc) is 2.95. The van der Waals surface area contributed by atoms with Crippen LogP contribution in [0.5, 0.6) is 0 Å². The van der Waals surface area contributed by atoms with Crippen LogP contribution in [-0.2, 0) is 0 Å². The number of halogens is 2. The van der Waals surface area contributed by atoms with E-state index in [4.69, 9.17) is 5.11 Å². The van der Waals surface area contributed by atoms with Gasteiger partial charge in [0.05, 0.1) is 17.5 Å². The summed E-state index contributed by atoms with van der Waals surface area (Å²) in [7, 11) is 0. The van der Waals surface area contributed by atoms with Crippen LogP contribution in [0.3, 0.4) is 0 Å². The maximum Gasteiger partial charge on any atom is 0.126 e. The van der Waals surface area contributed by atoms with Gasteiger partial charge in [-0.15, -0.1) is 11.3 Å². The van der Waals surface area contributed by atoms with Crippen molar-refractivity contribution in [1.29, 1.82) is 5.26 Å². The summed E-state index contributed by atoms with van der Waals surface area (Å²) in [6.07, 6.45) is 1.72. The van der Waals surface area contributed by atoms with Gasteiger partial charge < -0.3 is 5.11 Å². The highest BCUT2D eigenvalue weighted by Gasteiger charge is 2.28. The van der Waals surface area contributed by atoms with Gasteiger partial charge in [0.25, 0.3) is 0 Å². The van der Waals surface area contributed by atoms with E-state index in [1.807, 2.05) is 0 Å². The molecule has 2 aromatic rings.